The summed E-state index contributed by atoms with van der Waals surface area (Å²) in [6.07, 6.45) is 5.68. The van der Waals surface area contributed by atoms with Crippen LogP contribution in [0, 0.1) is 0 Å². The number of hydrogen-bond acceptors (Lipinski definition) is 8. The molecule has 2 heterocycles. The van der Waals surface area contributed by atoms with Crippen LogP contribution in [0.15, 0.2) is 41.4 Å². The molecular formula is C30H40Cl2N4O4. The van der Waals surface area contributed by atoms with Crippen molar-refractivity contribution < 1.29 is 19.0 Å². The third-order valence-corrected chi connectivity index (χ3v) is 7.92. The third kappa shape index (κ3) is 9.26. The van der Waals surface area contributed by atoms with E-state index in [1.54, 1.807) is 0 Å². The van der Waals surface area contributed by atoms with Gasteiger partial charge in [0.25, 0.3) is 0 Å². The molecule has 40 heavy (non-hydrogen) atoms. The molecule has 0 radical (unpaired) electrons. The second kappa shape index (κ2) is 16.1. The van der Waals surface area contributed by atoms with Crippen LogP contribution in [0.4, 0.5) is 11.4 Å². The molecule has 0 bridgehead atoms. The van der Waals surface area contributed by atoms with E-state index < -0.39 is 0 Å². The largest absolute Gasteiger partial charge is 0.494 e. The summed E-state index contributed by atoms with van der Waals surface area (Å²) in [7, 11) is 0. The van der Waals surface area contributed by atoms with Crippen molar-refractivity contribution in [3.8, 4) is 5.75 Å². The van der Waals surface area contributed by atoms with Gasteiger partial charge in [0.05, 0.1) is 34.6 Å². The van der Waals surface area contributed by atoms with Gasteiger partial charge in [-0.05, 0) is 62.5 Å². The monoisotopic (exact) mass is 590 g/mol. The predicted octanol–water partition coefficient (Wildman–Crippen LogP) is 5.86. The van der Waals surface area contributed by atoms with Crippen molar-refractivity contribution in [2.24, 2.45) is 4.99 Å². The summed E-state index contributed by atoms with van der Waals surface area (Å²) in [5.41, 5.74) is 3.03. The number of nitrogens with one attached hydrogen (secondary N) is 1. The lowest BCUT2D eigenvalue weighted by atomic mass is 10.0. The number of aryl methyl sites for hydroxylation is 1. The van der Waals surface area contributed by atoms with Gasteiger partial charge in [-0.2, -0.15) is 0 Å². The normalized spacial score (nSPS) is 15.4. The third-order valence-electron chi connectivity index (χ3n) is 7.11. The average Bonchev–Trinajstić information content (AvgIpc) is 2.97. The molecule has 2 aliphatic heterocycles. The minimum absolute atomic E-state index is 0.123. The number of ether oxygens (including phenoxy) is 3. The number of carbonyl (C=O) groups excluding carboxylic acids is 1. The number of carbonyl (C=O) groups is 1. The van der Waals surface area contributed by atoms with Crippen LogP contribution in [-0.2, 0) is 20.7 Å². The zero-order valence-electron chi connectivity index (χ0n) is 23.3. The second-order valence-corrected chi connectivity index (χ2v) is 10.8. The molecule has 0 unspecified atom stereocenters. The predicted molar refractivity (Wildman–Crippen MR) is 162 cm³/mol. The van der Waals surface area contributed by atoms with Crippen LogP contribution >= 0.6 is 23.2 Å². The number of halogens is 2. The summed E-state index contributed by atoms with van der Waals surface area (Å²) >= 11 is 12.6. The Bertz CT molecular complexity index is 1140. The van der Waals surface area contributed by atoms with Gasteiger partial charge in [-0.15, -0.1) is 0 Å². The highest BCUT2D eigenvalue weighted by molar-refractivity contribution is 6.43. The Hall–Kier alpha value is -2.52. The molecule has 0 aliphatic carbocycles. The number of benzene rings is 2. The first-order valence-corrected chi connectivity index (χ1v) is 15.0. The summed E-state index contributed by atoms with van der Waals surface area (Å²) in [4.78, 5) is 21.2. The Morgan fingerprint density at radius 1 is 1.02 bits per heavy atom. The standard InChI is InChI=1S/C30H40Cl2N4O4/c1-2-3-13-33-21-29(37)40-22-39-28-12-10-23-9-11-24(20-26(23)34-28)38-19-5-4-14-35-15-17-36(18-16-35)27-8-6-7-25(31)30(27)32/h6-9,11,20,33H,2-5,10,12-19,21-22H2,1H3. The summed E-state index contributed by atoms with van der Waals surface area (Å²) in [5.74, 6) is 1.06. The molecule has 0 saturated carbocycles. The van der Waals surface area contributed by atoms with E-state index in [2.05, 4.69) is 33.1 Å². The lowest BCUT2D eigenvalue weighted by Crippen LogP contribution is -2.46. The fraction of sp³-hybridized carbons (Fsp3) is 0.533. The van der Waals surface area contributed by atoms with Crippen LogP contribution in [0.1, 0.15) is 44.6 Å². The number of unbranched alkanes of at least 4 members (excludes halogenated alkanes) is 2. The van der Waals surface area contributed by atoms with Gasteiger partial charge in [0.1, 0.15) is 5.75 Å². The molecule has 0 aromatic heterocycles. The fourth-order valence-corrected chi connectivity index (χ4v) is 5.18. The highest BCUT2D eigenvalue weighted by Gasteiger charge is 2.19. The van der Waals surface area contributed by atoms with Crippen molar-refractivity contribution in [3.05, 3.63) is 52.0 Å². The lowest BCUT2D eigenvalue weighted by Gasteiger charge is -2.36. The minimum atomic E-state index is -0.326. The number of rotatable bonds is 14. The number of esters is 1. The number of aliphatic imine (C=N–C) groups is 1. The van der Waals surface area contributed by atoms with Gasteiger partial charge in [0, 0.05) is 38.7 Å². The molecule has 1 N–H and O–H groups in total. The summed E-state index contributed by atoms with van der Waals surface area (Å²) in [6, 6.07) is 11.8. The SMILES string of the molecule is CCCCNCC(=O)OCOC1=Nc2cc(OCCCCN3CCN(c4cccc(Cl)c4Cl)CC3)ccc2CC1. The molecule has 2 aliphatic rings. The highest BCUT2D eigenvalue weighted by atomic mass is 35.5. The van der Waals surface area contributed by atoms with E-state index >= 15 is 0 Å². The van der Waals surface area contributed by atoms with E-state index in [0.29, 0.717) is 29.0 Å². The van der Waals surface area contributed by atoms with Crippen LogP contribution in [0.3, 0.4) is 0 Å². The van der Waals surface area contributed by atoms with E-state index in [0.717, 1.165) is 94.1 Å². The molecule has 0 spiro atoms. The number of fused-ring (bicyclic) bond motifs is 1. The van der Waals surface area contributed by atoms with Crippen molar-refractivity contribution in [2.75, 3.05) is 64.1 Å². The molecule has 10 heteroatoms. The Morgan fingerprint density at radius 3 is 2.70 bits per heavy atom. The molecule has 0 atom stereocenters. The van der Waals surface area contributed by atoms with E-state index in [4.69, 9.17) is 37.4 Å². The van der Waals surface area contributed by atoms with Gasteiger partial charge < -0.3 is 24.4 Å². The maximum absolute atomic E-state index is 11.8. The smallest absolute Gasteiger partial charge is 0.322 e. The molecule has 2 aromatic carbocycles. The Kier molecular flexibility index (Phi) is 12.2. The highest BCUT2D eigenvalue weighted by Crippen LogP contribution is 2.33. The fourth-order valence-electron chi connectivity index (χ4n) is 4.77. The van der Waals surface area contributed by atoms with E-state index in [-0.39, 0.29) is 19.3 Å². The number of nitrogens with zero attached hydrogens (tertiary/aromatic N) is 3. The summed E-state index contributed by atoms with van der Waals surface area (Å²) < 4.78 is 16.8. The van der Waals surface area contributed by atoms with Crippen molar-refractivity contribution in [3.63, 3.8) is 0 Å². The maximum Gasteiger partial charge on any atom is 0.322 e. The quantitative estimate of drug-likeness (QED) is 0.168. The van der Waals surface area contributed by atoms with Crippen molar-refractivity contribution in [2.45, 2.75) is 45.4 Å². The topological polar surface area (TPSA) is 75.6 Å². The van der Waals surface area contributed by atoms with Crippen molar-refractivity contribution >= 4 is 46.4 Å². The molecule has 1 saturated heterocycles. The van der Waals surface area contributed by atoms with E-state index in [1.165, 1.54) is 0 Å². The van der Waals surface area contributed by atoms with Gasteiger partial charge >= 0.3 is 5.97 Å². The Balaban J connectivity index is 1.12. The number of hydrogen-bond donors (Lipinski definition) is 1. The molecule has 0 amide bonds. The van der Waals surface area contributed by atoms with Gasteiger partial charge in [-0.3, -0.25) is 9.69 Å². The molecule has 2 aromatic rings. The minimum Gasteiger partial charge on any atom is -0.494 e. The molecule has 4 rings (SSSR count). The van der Waals surface area contributed by atoms with Crippen molar-refractivity contribution in [1.29, 1.82) is 0 Å². The first-order valence-electron chi connectivity index (χ1n) is 14.3. The molecule has 8 nitrogen and oxygen atoms in total. The number of anilines is 1. The molecular weight excluding hydrogens is 551 g/mol. The molecule has 218 valence electrons. The van der Waals surface area contributed by atoms with Crippen LogP contribution in [0.2, 0.25) is 10.0 Å². The summed E-state index contributed by atoms with van der Waals surface area (Å²) in [6.45, 7) is 8.58. The van der Waals surface area contributed by atoms with Gasteiger partial charge in [-0.25, -0.2) is 4.99 Å². The van der Waals surface area contributed by atoms with E-state index in [1.807, 2.05) is 30.3 Å². The van der Waals surface area contributed by atoms with Crippen LogP contribution in [-0.4, -0.2) is 76.0 Å². The zero-order chi connectivity index (χ0) is 28.2. The Labute approximate surface area is 247 Å². The first kappa shape index (κ1) is 30.4. The van der Waals surface area contributed by atoms with Crippen LogP contribution < -0.4 is 15.0 Å². The van der Waals surface area contributed by atoms with Gasteiger partial charge in [0.15, 0.2) is 5.90 Å². The molecule has 1 fully saturated rings. The van der Waals surface area contributed by atoms with E-state index in [9.17, 15) is 4.79 Å². The van der Waals surface area contributed by atoms with Crippen molar-refractivity contribution in [1.82, 2.24) is 10.2 Å². The van der Waals surface area contributed by atoms with Crippen LogP contribution in [0.25, 0.3) is 0 Å². The second-order valence-electron chi connectivity index (χ2n) is 10.1. The summed E-state index contributed by atoms with van der Waals surface area (Å²) in [5, 5.41) is 4.30. The average molecular weight is 592 g/mol. The zero-order valence-corrected chi connectivity index (χ0v) is 24.8. The van der Waals surface area contributed by atoms with Crippen LogP contribution in [0.5, 0.6) is 5.75 Å². The Morgan fingerprint density at radius 2 is 1.88 bits per heavy atom. The van der Waals surface area contributed by atoms with Gasteiger partial charge in [-0.1, -0.05) is 48.7 Å². The maximum atomic E-state index is 11.8. The first-order chi connectivity index (χ1) is 19.5. The number of piperazine rings is 1. The lowest BCUT2D eigenvalue weighted by molar-refractivity contribution is -0.149. The van der Waals surface area contributed by atoms with Gasteiger partial charge in [0.2, 0.25) is 6.79 Å².